The molecule has 0 spiro atoms. The molecule has 4 heteroatoms. The van der Waals surface area contributed by atoms with Gasteiger partial charge in [0.15, 0.2) is 0 Å². The molecule has 0 N–H and O–H groups in total. The second-order valence-electron chi connectivity index (χ2n) is 5.95. The van der Waals surface area contributed by atoms with E-state index in [0.29, 0.717) is 12.7 Å². The van der Waals surface area contributed by atoms with Crippen LogP contribution >= 0.6 is 0 Å². The SMILES string of the molecule is CCCCCCC1CO1.CCCCCCC1COC(=O)O1. The van der Waals surface area contributed by atoms with Gasteiger partial charge in [-0.1, -0.05) is 58.8 Å². The summed E-state index contributed by atoms with van der Waals surface area (Å²) in [6.07, 6.45) is 12.8. The molecule has 2 fully saturated rings. The average Bonchev–Trinajstić information content (AvgIpc) is 3.22. The summed E-state index contributed by atoms with van der Waals surface area (Å²) < 4.78 is 14.6. The third-order valence-electron chi connectivity index (χ3n) is 3.81. The number of ether oxygens (including phenoxy) is 3. The molecule has 0 saturated carbocycles. The first-order valence-electron chi connectivity index (χ1n) is 8.71. The molecule has 0 radical (unpaired) electrons. The Morgan fingerprint density at radius 1 is 0.857 bits per heavy atom. The molecule has 2 unspecified atom stereocenters. The topological polar surface area (TPSA) is 48.1 Å². The van der Waals surface area contributed by atoms with E-state index in [0.717, 1.165) is 19.4 Å². The Kier molecular flexibility index (Phi) is 10.3. The molecule has 4 nitrogen and oxygen atoms in total. The van der Waals surface area contributed by atoms with Gasteiger partial charge < -0.3 is 14.2 Å². The van der Waals surface area contributed by atoms with Crippen LogP contribution in [0.5, 0.6) is 0 Å². The van der Waals surface area contributed by atoms with Crippen molar-refractivity contribution in [1.82, 2.24) is 0 Å². The molecule has 0 aromatic heterocycles. The van der Waals surface area contributed by atoms with Crippen LogP contribution in [0.15, 0.2) is 0 Å². The minimum atomic E-state index is -0.504. The lowest BCUT2D eigenvalue weighted by Gasteiger charge is -2.04. The van der Waals surface area contributed by atoms with Crippen molar-refractivity contribution in [1.29, 1.82) is 0 Å². The molecule has 124 valence electrons. The van der Waals surface area contributed by atoms with Gasteiger partial charge >= 0.3 is 6.16 Å². The summed E-state index contributed by atoms with van der Waals surface area (Å²) in [5.74, 6) is 0. The standard InChI is InChI=1S/C9H16O3.C8H16O/c1-2-3-4-5-6-8-7-11-9(10)12-8;1-2-3-4-5-6-8-7-9-8/h8H,2-7H2,1H3;8H,2-7H2,1H3. The maximum atomic E-state index is 10.5. The molecule has 2 atom stereocenters. The lowest BCUT2D eigenvalue weighted by molar-refractivity contribution is 0.115. The fourth-order valence-electron chi connectivity index (χ4n) is 2.34. The number of hydrogen-bond acceptors (Lipinski definition) is 4. The van der Waals surface area contributed by atoms with Gasteiger partial charge in [0.1, 0.15) is 12.7 Å². The van der Waals surface area contributed by atoms with Crippen molar-refractivity contribution in [2.45, 2.75) is 90.3 Å². The first kappa shape index (κ1) is 18.3. The van der Waals surface area contributed by atoms with Gasteiger partial charge in [0.05, 0.1) is 12.7 Å². The second-order valence-corrected chi connectivity index (χ2v) is 5.95. The predicted molar refractivity (Wildman–Crippen MR) is 83.5 cm³/mol. The van der Waals surface area contributed by atoms with Gasteiger partial charge in [-0.25, -0.2) is 4.79 Å². The van der Waals surface area contributed by atoms with Crippen LogP contribution in [0.1, 0.15) is 78.1 Å². The Balaban J connectivity index is 0.000000219. The van der Waals surface area contributed by atoms with Crippen molar-refractivity contribution in [3.05, 3.63) is 0 Å². The summed E-state index contributed by atoms with van der Waals surface area (Å²) in [4.78, 5) is 10.5. The Morgan fingerprint density at radius 3 is 1.86 bits per heavy atom. The number of epoxide rings is 1. The normalized spacial score (nSPS) is 23.0. The predicted octanol–water partition coefficient (Wildman–Crippen LogP) is 4.85. The van der Waals surface area contributed by atoms with E-state index in [9.17, 15) is 4.79 Å². The van der Waals surface area contributed by atoms with Crippen LogP contribution in [0.25, 0.3) is 0 Å². The monoisotopic (exact) mass is 300 g/mol. The van der Waals surface area contributed by atoms with E-state index in [1.807, 2.05) is 0 Å². The van der Waals surface area contributed by atoms with E-state index in [1.54, 1.807) is 0 Å². The van der Waals surface area contributed by atoms with E-state index < -0.39 is 6.16 Å². The largest absolute Gasteiger partial charge is 0.508 e. The van der Waals surface area contributed by atoms with Crippen molar-refractivity contribution < 1.29 is 19.0 Å². The van der Waals surface area contributed by atoms with Crippen molar-refractivity contribution >= 4 is 6.16 Å². The molecule has 2 aliphatic rings. The molecule has 0 aromatic carbocycles. The zero-order valence-corrected chi connectivity index (χ0v) is 13.8. The number of hydrogen-bond donors (Lipinski definition) is 0. The van der Waals surface area contributed by atoms with Crippen LogP contribution in [0, 0.1) is 0 Å². The van der Waals surface area contributed by atoms with E-state index in [2.05, 4.69) is 18.6 Å². The number of cyclic esters (lactones) is 2. The quantitative estimate of drug-likeness (QED) is 0.329. The zero-order chi connectivity index (χ0) is 15.3. The maximum absolute atomic E-state index is 10.5. The second kappa shape index (κ2) is 11.8. The molecule has 2 saturated heterocycles. The molecule has 2 rings (SSSR count). The van der Waals surface area contributed by atoms with Crippen molar-refractivity contribution in [3.63, 3.8) is 0 Å². The van der Waals surface area contributed by atoms with E-state index in [4.69, 9.17) is 9.47 Å². The van der Waals surface area contributed by atoms with Crippen molar-refractivity contribution in [2.24, 2.45) is 0 Å². The van der Waals surface area contributed by atoms with Gasteiger partial charge in [-0.2, -0.15) is 0 Å². The fraction of sp³-hybridized carbons (Fsp3) is 0.941. The molecular weight excluding hydrogens is 268 g/mol. The van der Waals surface area contributed by atoms with Crippen LogP contribution < -0.4 is 0 Å². The highest BCUT2D eigenvalue weighted by molar-refractivity contribution is 5.61. The minimum Gasteiger partial charge on any atom is -0.430 e. The summed E-state index contributed by atoms with van der Waals surface area (Å²) in [5, 5.41) is 0. The number of carbonyl (C=O) groups excluding carboxylic acids is 1. The van der Waals surface area contributed by atoms with E-state index in [-0.39, 0.29) is 6.10 Å². The minimum absolute atomic E-state index is 0.0226. The van der Waals surface area contributed by atoms with Gasteiger partial charge in [0.2, 0.25) is 0 Å². The number of unbranched alkanes of at least 4 members (excludes halogenated alkanes) is 6. The Hall–Kier alpha value is -0.770. The summed E-state index contributed by atoms with van der Waals surface area (Å²) in [6.45, 7) is 5.91. The first-order valence-corrected chi connectivity index (χ1v) is 8.71. The first-order chi connectivity index (χ1) is 10.3. The van der Waals surface area contributed by atoms with Crippen molar-refractivity contribution in [3.8, 4) is 0 Å². The van der Waals surface area contributed by atoms with Crippen LogP contribution in [-0.2, 0) is 14.2 Å². The third kappa shape index (κ3) is 10.6. The van der Waals surface area contributed by atoms with E-state index >= 15 is 0 Å². The van der Waals surface area contributed by atoms with Crippen LogP contribution in [0.4, 0.5) is 4.79 Å². The highest BCUT2D eigenvalue weighted by Gasteiger charge is 2.23. The smallest absolute Gasteiger partial charge is 0.430 e. The van der Waals surface area contributed by atoms with Gasteiger partial charge in [-0.3, -0.25) is 0 Å². The maximum Gasteiger partial charge on any atom is 0.508 e. The zero-order valence-electron chi connectivity index (χ0n) is 13.8. The highest BCUT2D eigenvalue weighted by atomic mass is 16.8. The molecule has 0 bridgehead atoms. The highest BCUT2D eigenvalue weighted by Crippen LogP contribution is 2.17. The molecule has 2 heterocycles. The lowest BCUT2D eigenvalue weighted by atomic mass is 10.1. The van der Waals surface area contributed by atoms with Crippen LogP contribution in [0.2, 0.25) is 0 Å². The van der Waals surface area contributed by atoms with Crippen molar-refractivity contribution in [2.75, 3.05) is 13.2 Å². The van der Waals surface area contributed by atoms with Crippen LogP contribution in [0.3, 0.4) is 0 Å². The fourth-order valence-corrected chi connectivity index (χ4v) is 2.34. The Labute approximate surface area is 129 Å². The van der Waals surface area contributed by atoms with Crippen LogP contribution in [-0.4, -0.2) is 31.6 Å². The van der Waals surface area contributed by atoms with Gasteiger partial charge in [-0.15, -0.1) is 0 Å². The van der Waals surface area contributed by atoms with Gasteiger partial charge in [0.25, 0.3) is 0 Å². The molecule has 21 heavy (non-hydrogen) atoms. The Bertz CT molecular complexity index is 264. The number of carbonyl (C=O) groups is 1. The molecular formula is C17H32O4. The van der Waals surface area contributed by atoms with Gasteiger partial charge in [-0.05, 0) is 19.3 Å². The van der Waals surface area contributed by atoms with E-state index in [1.165, 1.54) is 51.4 Å². The van der Waals surface area contributed by atoms with Gasteiger partial charge in [0, 0.05) is 0 Å². The summed E-state index contributed by atoms with van der Waals surface area (Å²) in [7, 11) is 0. The summed E-state index contributed by atoms with van der Waals surface area (Å²) in [5.41, 5.74) is 0. The Morgan fingerprint density at radius 2 is 1.43 bits per heavy atom. The number of rotatable bonds is 10. The summed E-state index contributed by atoms with van der Waals surface area (Å²) >= 11 is 0. The molecule has 0 amide bonds. The lowest BCUT2D eigenvalue weighted by Crippen LogP contribution is -2.08. The third-order valence-corrected chi connectivity index (χ3v) is 3.81. The average molecular weight is 300 g/mol. The summed E-state index contributed by atoms with van der Waals surface area (Å²) in [6, 6.07) is 0. The molecule has 0 aromatic rings. The molecule has 2 aliphatic heterocycles. The molecule has 0 aliphatic carbocycles.